The smallest absolute Gasteiger partial charge is 0.0621 e. The molecule has 1 rings (SSSR count). The van der Waals surface area contributed by atoms with E-state index in [0.29, 0.717) is 5.92 Å². The normalized spacial score (nSPS) is 15.8. The van der Waals surface area contributed by atoms with Crippen molar-refractivity contribution in [2.45, 2.75) is 39.5 Å². The lowest BCUT2D eigenvalue weighted by Crippen LogP contribution is -2.02. The third-order valence-electron chi connectivity index (χ3n) is 2.52. The molecule has 0 bridgehead atoms. The Bertz CT molecular complexity index is 278. The molecule has 0 saturated heterocycles. The number of thiophene rings is 1. The summed E-state index contributed by atoms with van der Waals surface area (Å²) in [5, 5.41) is 0.190. The summed E-state index contributed by atoms with van der Waals surface area (Å²) in [4.78, 5) is 2.74. The van der Waals surface area contributed by atoms with Crippen molar-refractivity contribution >= 4 is 22.9 Å². The molecule has 2 unspecified atom stereocenters. The Balaban J connectivity index is 2.87. The number of aryl methyl sites for hydroxylation is 2. The summed E-state index contributed by atoms with van der Waals surface area (Å²) >= 11 is 8.22. The topological polar surface area (TPSA) is 0 Å². The molecule has 2 atom stereocenters. The first-order valence-electron chi connectivity index (χ1n) is 4.77. The van der Waals surface area contributed by atoms with Crippen LogP contribution in [0.5, 0.6) is 0 Å². The average molecular weight is 217 g/mol. The largest absolute Gasteiger partial charge is 0.146 e. The first-order valence-corrected chi connectivity index (χ1v) is 6.02. The molecule has 1 aromatic rings. The van der Waals surface area contributed by atoms with Crippen LogP contribution in [0.2, 0.25) is 0 Å². The van der Waals surface area contributed by atoms with E-state index in [1.165, 1.54) is 15.3 Å². The number of rotatable bonds is 3. The van der Waals surface area contributed by atoms with Crippen LogP contribution in [0, 0.1) is 19.8 Å². The third kappa shape index (κ3) is 2.47. The SMILES string of the molecule is CCC(C)C(Cl)c1cc(C)sc1C. The lowest BCUT2D eigenvalue weighted by atomic mass is 9.99. The van der Waals surface area contributed by atoms with Gasteiger partial charge in [0.1, 0.15) is 0 Å². The molecular weight excluding hydrogens is 200 g/mol. The minimum Gasteiger partial charge on any atom is -0.146 e. The predicted octanol–water partition coefficient (Wildman–Crippen LogP) is 4.69. The Morgan fingerprint density at radius 3 is 2.46 bits per heavy atom. The Labute approximate surface area is 89.9 Å². The van der Waals surface area contributed by atoms with Gasteiger partial charge < -0.3 is 0 Å². The molecule has 0 amide bonds. The van der Waals surface area contributed by atoms with Crippen molar-refractivity contribution in [1.82, 2.24) is 0 Å². The second-order valence-corrected chi connectivity index (χ2v) is 5.59. The van der Waals surface area contributed by atoms with Gasteiger partial charge in [-0.3, -0.25) is 0 Å². The van der Waals surface area contributed by atoms with Crippen LogP contribution in [0.1, 0.15) is 41.0 Å². The maximum absolute atomic E-state index is 6.38. The lowest BCUT2D eigenvalue weighted by Gasteiger charge is -2.15. The quantitative estimate of drug-likeness (QED) is 0.643. The van der Waals surface area contributed by atoms with Crippen LogP contribution in [0.15, 0.2) is 6.07 Å². The van der Waals surface area contributed by atoms with E-state index in [1.54, 1.807) is 0 Å². The second kappa shape index (κ2) is 4.47. The number of alkyl halides is 1. The van der Waals surface area contributed by atoms with E-state index < -0.39 is 0 Å². The van der Waals surface area contributed by atoms with Gasteiger partial charge in [0, 0.05) is 9.75 Å². The van der Waals surface area contributed by atoms with Crippen molar-refractivity contribution in [2.24, 2.45) is 5.92 Å². The van der Waals surface area contributed by atoms with Gasteiger partial charge >= 0.3 is 0 Å². The van der Waals surface area contributed by atoms with Crippen LogP contribution in [0.3, 0.4) is 0 Å². The highest BCUT2D eigenvalue weighted by Crippen LogP contribution is 2.36. The summed E-state index contributed by atoms with van der Waals surface area (Å²) in [5.74, 6) is 0.564. The molecule has 0 aromatic carbocycles. The molecule has 0 spiro atoms. The van der Waals surface area contributed by atoms with Crippen molar-refractivity contribution < 1.29 is 0 Å². The molecule has 2 heteroatoms. The third-order valence-corrected chi connectivity index (χ3v) is 4.17. The maximum Gasteiger partial charge on any atom is 0.0621 e. The van der Waals surface area contributed by atoms with Crippen molar-refractivity contribution in [3.05, 3.63) is 21.4 Å². The summed E-state index contributed by atoms with van der Waals surface area (Å²) in [5.41, 5.74) is 1.33. The van der Waals surface area contributed by atoms with Crippen LogP contribution in [0.25, 0.3) is 0 Å². The first kappa shape index (κ1) is 11.1. The fourth-order valence-electron chi connectivity index (χ4n) is 1.44. The molecule has 0 aliphatic rings. The van der Waals surface area contributed by atoms with Crippen molar-refractivity contribution in [1.29, 1.82) is 0 Å². The molecule has 0 aliphatic carbocycles. The maximum atomic E-state index is 6.38. The van der Waals surface area contributed by atoms with Gasteiger partial charge in [-0.1, -0.05) is 20.3 Å². The molecule has 0 aliphatic heterocycles. The molecule has 0 saturated carbocycles. The number of hydrogen-bond donors (Lipinski definition) is 0. The first-order chi connectivity index (χ1) is 6.06. The van der Waals surface area contributed by atoms with E-state index in [0.717, 1.165) is 6.42 Å². The summed E-state index contributed by atoms with van der Waals surface area (Å²) in [6.45, 7) is 8.70. The highest BCUT2D eigenvalue weighted by Gasteiger charge is 2.18. The van der Waals surface area contributed by atoms with Crippen molar-refractivity contribution in [3.8, 4) is 0 Å². The van der Waals surface area contributed by atoms with E-state index >= 15 is 0 Å². The Morgan fingerprint density at radius 1 is 1.46 bits per heavy atom. The molecule has 0 nitrogen and oxygen atoms in total. The fraction of sp³-hybridized carbons (Fsp3) is 0.636. The minimum atomic E-state index is 0.190. The molecule has 74 valence electrons. The monoisotopic (exact) mass is 216 g/mol. The van der Waals surface area contributed by atoms with Crippen LogP contribution in [-0.2, 0) is 0 Å². The van der Waals surface area contributed by atoms with Crippen molar-refractivity contribution in [3.63, 3.8) is 0 Å². The molecule has 0 radical (unpaired) electrons. The van der Waals surface area contributed by atoms with Crippen LogP contribution in [-0.4, -0.2) is 0 Å². The van der Waals surface area contributed by atoms with E-state index in [9.17, 15) is 0 Å². The lowest BCUT2D eigenvalue weighted by molar-refractivity contribution is 0.542. The van der Waals surface area contributed by atoms with Gasteiger partial charge in [-0.05, 0) is 31.4 Å². The molecule has 13 heavy (non-hydrogen) atoms. The standard InChI is InChI=1S/C11H17ClS/c1-5-7(2)11(12)10-6-8(3)13-9(10)4/h6-7,11H,5H2,1-4H3. The highest BCUT2D eigenvalue weighted by atomic mass is 35.5. The average Bonchev–Trinajstić information content (AvgIpc) is 2.42. The second-order valence-electron chi connectivity index (χ2n) is 3.66. The molecule has 1 heterocycles. The van der Waals surface area contributed by atoms with E-state index in [4.69, 9.17) is 11.6 Å². The molecule has 1 aromatic heterocycles. The van der Waals surface area contributed by atoms with E-state index in [-0.39, 0.29) is 5.38 Å². The zero-order valence-corrected chi connectivity index (χ0v) is 10.3. The molecule has 0 N–H and O–H groups in total. The van der Waals surface area contributed by atoms with Gasteiger partial charge in [0.15, 0.2) is 0 Å². The predicted molar refractivity (Wildman–Crippen MR) is 61.8 cm³/mol. The number of hydrogen-bond acceptors (Lipinski definition) is 1. The zero-order chi connectivity index (χ0) is 10.0. The zero-order valence-electron chi connectivity index (χ0n) is 8.73. The van der Waals surface area contributed by atoms with Gasteiger partial charge in [-0.25, -0.2) is 0 Å². The minimum absolute atomic E-state index is 0.190. The summed E-state index contributed by atoms with van der Waals surface area (Å²) in [6.07, 6.45) is 1.14. The van der Waals surface area contributed by atoms with Crippen molar-refractivity contribution in [2.75, 3.05) is 0 Å². The van der Waals surface area contributed by atoms with E-state index in [2.05, 4.69) is 33.8 Å². The van der Waals surface area contributed by atoms with E-state index in [1.807, 2.05) is 11.3 Å². The summed E-state index contributed by atoms with van der Waals surface area (Å²) < 4.78 is 0. The Hall–Kier alpha value is -0.0100. The Kier molecular flexibility index (Phi) is 3.81. The van der Waals surface area contributed by atoms with Crippen LogP contribution >= 0.6 is 22.9 Å². The molecular formula is C11H17ClS. The van der Waals surface area contributed by atoms with Crippen LogP contribution < -0.4 is 0 Å². The fourth-order valence-corrected chi connectivity index (χ4v) is 2.88. The molecule has 0 fully saturated rings. The van der Waals surface area contributed by atoms with Gasteiger partial charge in [0.05, 0.1) is 5.38 Å². The Morgan fingerprint density at radius 2 is 2.08 bits per heavy atom. The van der Waals surface area contributed by atoms with Gasteiger partial charge in [-0.15, -0.1) is 22.9 Å². The van der Waals surface area contributed by atoms with Gasteiger partial charge in [0.2, 0.25) is 0 Å². The summed E-state index contributed by atoms with van der Waals surface area (Å²) in [6, 6.07) is 2.23. The van der Waals surface area contributed by atoms with Crippen LogP contribution in [0.4, 0.5) is 0 Å². The highest BCUT2D eigenvalue weighted by molar-refractivity contribution is 7.12. The van der Waals surface area contributed by atoms with Gasteiger partial charge in [-0.2, -0.15) is 0 Å². The van der Waals surface area contributed by atoms with Gasteiger partial charge in [0.25, 0.3) is 0 Å². The summed E-state index contributed by atoms with van der Waals surface area (Å²) in [7, 11) is 0. The number of halogens is 1.